The number of rotatable bonds is 4. The number of nitrogens with zero attached hydrogens (tertiary/aromatic N) is 5. The Labute approximate surface area is 157 Å². The Hall–Kier alpha value is -2.97. The maximum atomic E-state index is 11.1. The number of hydrogen-bond donors (Lipinski definition) is 2. The van der Waals surface area contributed by atoms with Crippen LogP contribution in [0.4, 0.5) is 0 Å². The fraction of sp³-hybridized carbons (Fsp3) is 0.211. The third-order valence-corrected chi connectivity index (χ3v) is 6.40. The molecule has 6 rings (SSSR count). The average molecular weight is 376 g/mol. The molecule has 1 atom stereocenters. The zero-order valence-electron chi connectivity index (χ0n) is 14.3. The Morgan fingerprint density at radius 1 is 1.26 bits per heavy atom. The Balaban J connectivity index is 1.41. The Morgan fingerprint density at radius 2 is 2.19 bits per heavy atom. The number of benzene rings is 1. The third kappa shape index (κ3) is 2.34. The first kappa shape index (κ1) is 15.1. The van der Waals surface area contributed by atoms with Gasteiger partial charge in [0.15, 0.2) is 0 Å². The normalized spacial score (nSPS) is 15.7. The van der Waals surface area contributed by atoms with Crippen LogP contribution >= 0.6 is 11.3 Å². The first-order valence-electron chi connectivity index (χ1n) is 8.90. The molecule has 1 aliphatic carbocycles. The van der Waals surface area contributed by atoms with E-state index in [2.05, 4.69) is 20.3 Å². The van der Waals surface area contributed by atoms with Gasteiger partial charge in [-0.2, -0.15) is 0 Å². The van der Waals surface area contributed by atoms with Crippen LogP contribution in [0.25, 0.3) is 21.4 Å². The molecule has 1 aliphatic rings. The largest absolute Gasteiger partial charge is 0.380 e. The van der Waals surface area contributed by atoms with Crippen LogP contribution in [0.3, 0.4) is 0 Å². The molecule has 1 unspecified atom stereocenters. The highest BCUT2D eigenvalue weighted by atomic mass is 32.1. The maximum Gasteiger partial charge on any atom is 0.141 e. The number of H-pyrrole nitrogens is 1. The van der Waals surface area contributed by atoms with Crippen LogP contribution in [0, 0.1) is 0 Å². The SMILES string of the molecule is OC(c1cn(-c2ccc3[nH]ccc3c2)nn1)c1c(C2CC2)sc2cncn12. The minimum Gasteiger partial charge on any atom is -0.380 e. The number of aromatic amines is 1. The quantitative estimate of drug-likeness (QED) is 0.503. The summed E-state index contributed by atoms with van der Waals surface area (Å²) in [6.07, 6.45) is 8.86. The monoisotopic (exact) mass is 376 g/mol. The van der Waals surface area contributed by atoms with E-state index >= 15 is 0 Å². The molecule has 2 N–H and O–H groups in total. The molecule has 0 saturated heterocycles. The van der Waals surface area contributed by atoms with Crippen LogP contribution in [0.1, 0.15) is 41.1 Å². The molecule has 0 radical (unpaired) electrons. The van der Waals surface area contributed by atoms with E-state index in [0.717, 1.165) is 27.1 Å². The zero-order chi connectivity index (χ0) is 18.0. The summed E-state index contributed by atoms with van der Waals surface area (Å²) in [6.45, 7) is 0. The predicted molar refractivity (Wildman–Crippen MR) is 102 cm³/mol. The molecule has 0 aliphatic heterocycles. The lowest BCUT2D eigenvalue weighted by molar-refractivity contribution is 0.208. The van der Waals surface area contributed by atoms with E-state index in [1.165, 1.54) is 17.7 Å². The summed E-state index contributed by atoms with van der Waals surface area (Å²) in [5, 5.41) is 20.7. The number of aromatic nitrogens is 6. The van der Waals surface area contributed by atoms with Gasteiger partial charge >= 0.3 is 0 Å². The zero-order valence-corrected chi connectivity index (χ0v) is 15.1. The van der Waals surface area contributed by atoms with Crippen molar-refractivity contribution < 1.29 is 5.11 Å². The van der Waals surface area contributed by atoms with Crippen molar-refractivity contribution in [3.63, 3.8) is 0 Å². The summed E-state index contributed by atoms with van der Waals surface area (Å²) in [6, 6.07) is 8.07. The topological polar surface area (TPSA) is 84.0 Å². The molecule has 8 heteroatoms. The second kappa shape index (κ2) is 5.51. The van der Waals surface area contributed by atoms with Crippen LogP contribution < -0.4 is 0 Å². The molecule has 5 aromatic rings. The van der Waals surface area contributed by atoms with E-state index in [0.29, 0.717) is 11.6 Å². The molecule has 4 heterocycles. The molecule has 4 aromatic heterocycles. The van der Waals surface area contributed by atoms with Crippen molar-refractivity contribution in [2.45, 2.75) is 24.9 Å². The Kier molecular flexibility index (Phi) is 3.09. The van der Waals surface area contributed by atoms with E-state index < -0.39 is 6.10 Å². The number of fused-ring (bicyclic) bond motifs is 2. The summed E-state index contributed by atoms with van der Waals surface area (Å²) < 4.78 is 3.69. The summed E-state index contributed by atoms with van der Waals surface area (Å²) in [4.78, 5) is 9.69. The van der Waals surface area contributed by atoms with Crippen LogP contribution in [0.15, 0.2) is 49.2 Å². The summed E-state index contributed by atoms with van der Waals surface area (Å²) in [5.74, 6) is 0.547. The number of imidazole rings is 1. The standard InChI is InChI=1S/C19H16N6OS/c26-18(17-19(11-1-2-11)27-16-8-20-10-24(16)17)15-9-25(23-22-15)13-3-4-14-12(7-13)5-6-21-14/h3-11,18,21,26H,1-2H2. The number of aliphatic hydroxyl groups excluding tert-OH is 1. The summed E-state index contributed by atoms with van der Waals surface area (Å²) >= 11 is 1.71. The van der Waals surface area contributed by atoms with Crippen LogP contribution in [0.5, 0.6) is 0 Å². The molecule has 1 fully saturated rings. The van der Waals surface area contributed by atoms with Gasteiger partial charge in [0, 0.05) is 22.0 Å². The highest BCUT2D eigenvalue weighted by molar-refractivity contribution is 7.17. The van der Waals surface area contributed by atoms with Gasteiger partial charge in [-0.15, -0.1) is 16.4 Å². The smallest absolute Gasteiger partial charge is 0.141 e. The first-order chi connectivity index (χ1) is 13.3. The van der Waals surface area contributed by atoms with Gasteiger partial charge in [-0.05, 0) is 43.0 Å². The predicted octanol–water partition coefficient (Wildman–Crippen LogP) is 3.42. The first-order valence-corrected chi connectivity index (χ1v) is 9.72. The number of thiazole rings is 1. The van der Waals surface area contributed by atoms with E-state index in [-0.39, 0.29) is 0 Å². The van der Waals surface area contributed by atoms with Crippen molar-refractivity contribution in [2.24, 2.45) is 0 Å². The van der Waals surface area contributed by atoms with E-state index in [1.807, 2.05) is 41.1 Å². The van der Waals surface area contributed by atoms with Gasteiger partial charge in [0.25, 0.3) is 0 Å². The second-order valence-corrected chi connectivity index (χ2v) is 8.03. The van der Waals surface area contributed by atoms with Gasteiger partial charge in [-0.25, -0.2) is 9.67 Å². The van der Waals surface area contributed by atoms with Crippen molar-refractivity contribution in [1.29, 1.82) is 0 Å². The highest BCUT2D eigenvalue weighted by Crippen LogP contribution is 2.47. The van der Waals surface area contributed by atoms with Gasteiger partial charge in [0.2, 0.25) is 0 Å². The van der Waals surface area contributed by atoms with Crippen molar-refractivity contribution in [2.75, 3.05) is 0 Å². The molecule has 0 spiro atoms. The van der Waals surface area contributed by atoms with Gasteiger partial charge in [0.1, 0.15) is 23.0 Å². The summed E-state index contributed by atoms with van der Waals surface area (Å²) in [5.41, 5.74) is 3.41. The Morgan fingerprint density at radius 3 is 3.07 bits per heavy atom. The van der Waals surface area contributed by atoms with Gasteiger partial charge in [-0.3, -0.25) is 4.40 Å². The number of aliphatic hydroxyl groups is 1. The molecular formula is C19H16N6OS. The maximum absolute atomic E-state index is 11.1. The van der Waals surface area contributed by atoms with Gasteiger partial charge in [-0.1, -0.05) is 5.21 Å². The summed E-state index contributed by atoms with van der Waals surface area (Å²) in [7, 11) is 0. The molecular weight excluding hydrogens is 360 g/mol. The lowest BCUT2D eigenvalue weighted by Crippen LogP contribution is -2.06. The minimum absolute atomic E-state index is 0.541. The van der Waals surface area contributed by atoms with E-state index in [1.54, 1.807) is 28.5 Å². The number of nitrogens with one attached hydrogen (secondary N) is 1. The number of hydrogen-bond acceptors (Lipinski definition) is 5. The van der Waals surface area contributed by atoms with Crippen molar-refractivity contribution in [3.05, 3.63) is 65.4 Å². The molecule has 1 saturated carbocycles. The van der Waals surface area contributed by atoms with Crippen LogP contribution in [-0.4, -0.2) is 34.5 Å². The highest BCUT2D eigenvalue weighted by Gasteiger charge is 2.33. The minimum atomic E-state index is -0.826. The molecule has 27 heavy (non-hydrogen) atoms. The molecule has 0 amide bonds. The average Bonchev–Trinajstić information content (AvgIpc) is 3.11. The molecule has 134 valence electrons. The molecule has 7 nitrogen and oxygen atoms in total. The Bertz CT molecular complexity index is 1270. The lowest BCUT2D eigenvalue weighted by atomic mass is 10.1. The van der Waals surface area contributed by atoms with E-state index in [9.17, 15) is 5.11 Å². The van der Waals surface area contributed by atoms with Gasteiger partial charge in [0.05, 0.1) is 23.8 Å². The molecule has 1 aromatic carbocycles. The van der Waals surface area contributed by atoms with Gasteiger partial charge < -0.3 is 10.1 Å². The van der Waals surface area contributed by atoms with Crippen LogP contribution in [0.2, 0.25) is 0 Å². The fourth-order valence-electron chi connectivity index (χ4n) is 3.58. The van der Waals surface area contributed by atoms with Crippen molar-refractivity contribution >= 4 is 27.1 Å². The van der Waals surface area contributed by atoms with Crippen molar-refractivity contribution in [1.82, 2.24) is 29.4 Å². The van der Waals surface area contributed by atoms with Crippen molar-refractivity contribution in [3.8, 4) is 5.69 Å². The lowest BCUT2D eigenvalue weighted by Gasteiger charge is -2.09. The second-order valence-electron chi connectivity index (χ2n) is 6.97. The molecule has 0 bridgehead atoms. The third-order valence-electron chi connectivity index (χ3n) is 5.13. The van der Waals surface area contributed by atoms with E-state index in [4.69, 9.17) is 0 Å². The fourth-order valence-corrected chi connectivity index (χ4v) is 4.88. The van der Waals surface area contributed by atoms with Crippen LogP contribution in [-0.2, 0) is 0 Å².